The van der Waals surface area contributed by atoms with Crippen molar-refractivity contribution < 1.29 is 14.3 Å². The zero-order valence-electron chi connectivity index (χ0n) is 17.2. The molecule has 0 aliphatic carbocycles. The van der Waals surface area contributed by atoms with Crippen molar-refractivity contribution in [2.45, 2.75) is 46.7 Å². The SMILES string of the molecule is CCCNC(=O)C(C)N(Cc1ccccc1C)C(=O)COc1cccc(C)c1. The molecule has 0 bridgehead atoms. The molecule has 2 aromatic carbocycles. The van der Waals surface area contributed by atoms with Gasteiger partial charge in [0.1, 0.15) is 11.8 Å². The van der Waals surface area contributed by atoms with E-state index in [0.29, 0.717) is 18.8 Å². The second-order valence-electron chi connectivity index (χ2n) is 7.02. The van der Waals surface area contributed by atoms with E-state index < -0.39 is 6.04 Å². The first-order chi connectivity index (χ1) is 13.4. The fraction of sp³-hybridized carbons (Fsp3) is 0.391. The predicted molar refractivity (Wildman–Crippen MR) is 111 cm³/mol. The molecule has 0 spiro atoms. The smallest absolute Gasteiger partial charge is 0.261 e. The Balaban J connectivity index is 2.14. The second-order valence-corrected chi connectivity index (χ2v) is 7.02. The zero-order valence-corrected chi connectivity index (χ0v) is 17.2. The Morgan fingerprint density at radius 1 is 1.11 bits per heavy atom. The van der Waals surface area contributed by atoms with Crippen molar-refractivity contribution in [2.24, 2.45) is 0 Å². The van der Waals surface area contributed by atoms with E-state index in [1.54, 1.807) is 11.8 Å². The molecule has 5 nitrogen and oxygen atoms in total. The van der Waals surface area contributed by atoms with Gasteiger partial charge in [0.2, 0.25) is 5.91 Å². The third-order valence-electron chi connectivity index (χ3n) is 4.67. The molecule has 1 atom stereocenters. The third kappa shape index (κ3) is 6.12. The molecule has 2 aromatic rings. The minimum absolute atomic E-state index is 0.110. The van der Waals surface area contributed by atoms with Gasteiger partial charge >= 0.3 is 0 Å². The van der Waals surface area contributed by atoms with E-state index in [1.807, 2.05) is 69.3 Å². The molecule has 2 rings (SSSR count). The maximum atomic E-state index is 13.0. The number of benzene rings is 2. The van der Waals surface area contributed by atoms with Crippen LogP contribution in [-0.2, 0) is 16.1 Å². The van der Waals surface area contributed by atoms with Gasteiger partial charge in [0.25, 0.3) is 5.91 Å². The van der Waals surface area contributed by atoms with Crippen LogP contribution in [-0.4, -0.2) is 35.9 Å². The molecule has 0 heterocycles. The molecule has 0 saturated carbocycles. The maximum Gasteiger partial charge on any atom is 0.261 e. The first-order valence-electron chi connectivity index (χ1n) is 9.73. The summed E-state index contributed by atoms with van der Waals surface area (Å²) in [4.78, 5) is 27.0. The number of hydrogen-bond donors (Lipinski definition) is 1. The molecule has 0 saturated heterocycles. The summed E-state index contributed by atoms with van der Waals surface area (Å²) in [6.07, 6.45) is 0.848. The lowest BCUT2D eigenvalue weighted by Gasteiger charge is -2.29. The number of ether oxygens (including phenoxy) is 1. The van der Waals surface area contributed by atoms with Crippen molar-refractivity contribution in [1.82, 2.24) is 10.2 Å². The van der Waals surface area contributed by atoms with Crippen LogP contribution in [0, 0.1) is 13.8 Å². The Morgan fingerprint density at radius 3 is 2.54 bits per heavy atom. The van der Waals surface area contributed by atoms with Gasteiger partial charge in [0, 0.05) is 13.1 Å². The highest BCUT2D eigenvalue weighted by atomic mass is 16.5. The van der Waals surface area contributed by atoms with Crippen LogP contribution in [0.3, 0.4) is 0 Å². The van der Waals surface area contributed by atoms with Crippen molar-refractivity contribution >= 4 is 11.8 Å². The first kappa shape index (κ1) is 21.5. The fourth-order valence-electron chi connectivity index (χ4n) is 2.88. The lowest BCUT2D eigenvalue weighted by atomic mass is 10.1. The van der Waals surface area contributed by atoms with E-state index in [2.05, 4.69) is 5.32 Å². The molecule has 1 unspecified atom stereocenters. The quantitative estimate of drug-likeness (QED) is 0.721. The second kappa shape index (κ2) is 10.5. The molecule has 0 radical (unpaired) electrons. The van der Waals surface area contributed by atoms with Crippen LogP contribution in [0.4, 0.5) is 0 Å². The fourth-order valence-corrected chi connectivity index (χ4v) is 2.88. The Bertz CT molecular complexity index is 804. The van der Waals surface area contributed by atoms with Crippen LogP contribution < -0.4 is 10.1 Å². The average molecular weight is 383 g/mol. The van der Waals surface area contributed by atoms with E-state index in [1.165, 1.54) is 0 Å². The summed E-state index contributed by atoms with van der Waals surface area (Å²) >= 11 is 0. The number of carbonyl (C=O) groups is 2. The predicted octanol–water partition coefficient (Wildman–Crippen LogP) is 3.63. The molecule has 1 N–H and O–H groups in total. The molecule has 5 heteroatoms. The van der Waals surface area contributed by atoms with Crippen LogP contribution in [0.15, 0.2) is 48.5 Å². The molecular weight excluding hydrogens is 352 g/mol. The molecule has 150 valence electrons. The van der Waals surface area contributed by atoms with Gasteiger partial charge in [-0.1, -0.05) is 43.3 Å². The molecular formula is C23H30N2O3. The van der Waals surface area contributed by atoms with E-state index in [4.69, 9.17) is 4.74 Å². The number of amides is 2. The van der Waals surface area contributed by atoms with Crippen molar-refractivity contribution in [2.75, 3.05) is 13.2 Å². The van der Waals surface area contributed by atoms with E-state index >= 15 is 0 Å². The van der Waals surface area contributed by atoms with Crippen molar-refractivity contribution in [3.63, 3.8) is 0 Å². The number of nitrogens with one attached hydrogen (secondary N) is 1. The average Bonchev–Trinajstić information content (AvgIpc) is 2.69. The summed E-state index contributed by atoms with van der Waals surface area (Å²) < 4.78 is 5.69. The van der Waals surface area contributed by atoms with Gasteiger partial charge in [-0.05, 0) is 56.0 Å². The summed E-state index contributed by atoms with van der Waals surface area (Å²) in [6, 6.07) is 14.9. The van der Waals surface area contributed by atoms with Gasteiger partial charge in [0.15, 0.2) is 6.61 Å². The highest BCUT2D eigenvalue weighted by molar-refractivity contribution is 5.88. The van der Waals surface area contributed by atoms with Crippen LogP contribution in [0.5, 0.6) is 5.75 Å². The Labute approximate surface area is 167 Å². The van der Waals surface area contributed by atoms with Gasteiger partial charge in [-0.2, -0.15) is 0 Å². The largest absolute Gasteiger partial charge is 0.484 e. The lowest BCUT2D eigenvalue weighted by Crippen LogP contribution is -2.49. The van der Waals surface area contributed by atoms with Gasteiger partial charge in [-0.15, -0.1) is 0 Å². The van der Waals surface area contributed by atoms with Crippen LogP contribution in [0.25, 0.3) is 0 Å². The first-order valence-corrected chi connectivity index (χ1v) is 9.73. The number of nitrogens with zero attached hydrogens (tertiary/aromatic N) is 1. The summed E-state index contributed by atoms with van der Waals surface area (Å²) in [5, 5.41) is 2.88. The number of carbonyl (C=O) groups excluding carboxylic acids is 2. The van der Waals surface area contributed by atoms with Crippen LogP contribution in [0.2, 0.25) is 0 Å². The summed E-state index contributed by atoms with van der Waals surface area (Å²) in [5.74, 6) is 0.274. The molecule has 2 amide bonds. The van der Waals surface area contributed by atoms with Crippen LogP contribution in [0.1, 0.15) is 37.0 Å². The molecule has 0 aliphatic heterocycles. The number of hydrogen-bond acceptors (Lipinski definition) is 3. The molecule has 0 fully saturated rings. The monoisotopic (exact) mass is 382 g/mol. The minimum Gasteiger partial charge on any atom is -0.484 e. The third-order valence-corrected chi connectivity index (χ3v) is 4.67. The Morgan fingerprint density at radius 2 is 1.86 bits per heavy atom. The maximum absolute atomic E-state index is 13.0. The number of aryl methyl sites for hydroxylation is 2. The van der Waals surface area contributed by atoms with Gasteiger partial charge in [-0.3, -0.25) is 9.59 Å². The normalized spacial score (nSPS) is 11.6. The summed E-state index contributed by atoms with van der Waals surface area (Å²) in [7, 11) is 0. The molecule has 28 heavy (non-hydrogen) atoms. The van der Waals surface area contributed by atoms with Crippen LogP contribution >= 0.6 is 0 Å². The summed E-state index contributed by atoms with van der Waals surface area (Å²) in [6.45, 7) is 8.58. The van der Waals surface area contributed by atoms with E-state index in [0.717, 1.165) is 23.1 Å². The highest BCUT2D eigenvalue weighted by Gasteiger charge is 2.26. The van der Waals surface area contributed by atoms with E-state index in [9.17, 15) is 9.59 Å². The van der Waals surface area contributed by atoms with Gasteiger partial charge in [0.05, 0.1) is 0 Å². The lowest BCUT2D eigenvalue weighted by molar-refractivity contribution is -0.142. The van der Waals surface area contributed by atoms with Crippen molar-refractivity contribution in [1.29, 1.82) is 0 Å². The minimum atomic E-state index is -0.584. The Hall–Kier alpha value is -2.82. The molecule has 0 aromatic heterocycles. The van der Waals surface area contributed by atoms with E-state index in [-0.39, 0.29) is 18.4 Å². The summed E-state index contributed by atoms with van der Waals surface area (Å²) in [5.41, 5.74) is 3.16. The van der Waals surface area contributed by atoms with Gasteiger partial charge < -0.3 is 15.0 Å². The standard InChI is InChI=1S/C23H30N2O3/c1-5-13-24-23(27)19(4)25(15-20-11-7-6-10-18(20)3)22(26)16-28-21-12-8-9-17(2)14-21/h6-12,14,19H,5,13,15-16H2,1-4H3,(H,24,27). The van der Waals surface area contributed by atoms with Crippen molar-refractivity contribution in [3.05, 3.63) is 65.2 Å². The zero-order chi connectivity index (χ0) is 20.5. The Kier molecular flexibility index (Phi) is 8.05. The molecule has 0 aliphatic rings. The highest BCUT2D eigenvalue weighted by Crippen LogP contribution is 2.16. The van der Waals surface area contributed by atoms with Crippen molar-refractivity contribution in [3.8, 4) is 5.75 Å². The van der Waals surface area contributed by atoms with Gasteiger partial charge in [-0.25, -0.2) is 0 Å². The topological polar surface area (TPSA) is 58.6 Å². The number of rotatable bonds is 9.